The van der Waals surface area contributed by atoms with Crippen LogP contribution >= 0.6 is 11.6 Å². The number of amides is 1. The second kappa shape index (κ2) is 15.7. The summed E-state index contributed by atoms with van der Waals surface area (Å²) in [7, 11) is -1.05. The lowest BCUT2D eigenvalue weighted by molar-refractivity contribution is -0.0815. The Balaban J connectivity index is 1.25. The largest absolute Gasteiger partial charge is 0.490 e. The van der Waals surface area contributed by atoms with Gasteiger partial charge in [0.15, 0.2) is 0 Å². The average Bonchev–Trinajstić information content (AvgIpc) is 3.27. The van der Waals surface area contributed by atoms with Crippen LogP contribution in [0.3, 0.4) is 0 Å². The van der Waals surface area contributed by atoms with Crippen LogP contribution in [0.25, 0.3) is 0 Å². The third-order valence-electron chi connectivity index (χ3n) is 13.2. The highest BCUT2D eigenvalue weighted by molar-refractivity contribution is 7.99. The second-order valence-corrected chi connectivity index (χ2v) is 19.1. The molecule has 2 aromatic carbocycles. The van der Waals surface area contributed by atoms with Gasteiger partial charge < -0.3 is 19.1 Å². The fourth-order valence-corrected chi connectivity index (χ4v) is 11.3. The Morgan fingerprint density at radius 3 is 2.71 bits per heavy atom. The Morgan fingerprint density at radius 2 is 1.94 bits per heavy atom. The molecule has 0 aromatic heterocycles. The van der Waals surface area contributed by atoms with E-state index in [0.29, 0.717) is 24.0 Å². The highest BCUT2D eigenvalue weighted by Crippen LogP contribution is 2.50. The van der Waals surface area contributed by atoms with Crippen LogP contribution in [0.5, 0.6) is 5.75 Å². The molecule has 1 N–H and O–H groups in total. The van der Waals surface area contributed by atoms with Crippen LogP contribution in [0.2, 0.25) is 5.02 Å². The van der Waals surface area contributed by atoms with Gasteiger partial charge in [0, 0.05) is 54.5 Å². The molecule has 7 atom stereocenters. The Bertz CT molecular complexity index is 1740. The zero-order chi connectivity index (χ0) is 36.5. The fourth-order valence-electron chi connectivity index (χ4n) is 9.60. The number of allylic oxidation sites excluding steroid dienone is 1. The quantitative estimate of drug-likeness (QED) is 0.192. The minimum Gasteiger partial charge on any atom is -0.490 e. The summed E-state index contributed by atoms with van der Waals surface area (Å²) in [5.74, 6) is 5.29. The number of aryl methyl sites for hydroxylation is 1. The molecule has 1 saturated heterocycles. The van der Waals surface area contributed by atoms with Crippen LogP contribution in [0.15, 0.2) is 48.6 Å². The molecule has 0 radical (unpaired) electrons. The van der Waals surface area contributed by atoms with Crippen LogP contribution in [0.1, 0.15) is 86.7 Å². The first-order chi connectivity index (χ1) is 25.0. The maximum atomic E-state index is 14.0. The topological polar surface area (TPSA) is 80.3 Å². The highest BCUT2D eigenvalue weighted by Gasteiger charge is 2.49. The second-order valence-electron chi connectivity index (χ2n) is 16.3. The number of ether oxygens (including phenoxy) is 3. The molecule has 1 amide bonds. The predicted molar refractivity (Wildman–Crippen MR) is 212 cm³/mol. The summed E-state index contributed by atoms with van der Waals surface area (Å²) in [6.45, 7) is 11.0. The number of methoxy groups -OCH3 is 1. The molecule has 284 valence electrons. The van der Waals surface area contributed by atoms with E-state index < -0.39 is 15.3 Å². The van der Waals surface area contributed by atoms with Crippen LogP contribution < -0.4 is 14.4 Å². The third-order valence-corrected chi connectivity index (χ3v) is 15.6. The molecular formula is C42H58ClN3O5S. The lowest BCUT2D eigenvalue weighted by Crippen LogP contribution is -2.53. The average molecular weight is 752 g/mol. The molecular weight excluding hydrogens is 694 g/mol. The van der Waals surface area contributed by atoms with Gasteiger partial charge in [-0.25, -0.2) is 4.21 Å². The molecule has 10 heteroatoms. The van der Waals surface area contributed by atoms with Crippen molar-refractivity contribution in [1.29, 1.82) is 0 Å². The van der Waals surface area contributed by atoms with E-state index >= 15 is 0 Å². The number of halogens is 1. The minimum absolute atomic E-state index is 0.0444. The van der Waals surface area contributed by atoms with Crippen LogP contribution in [0, 0.1) is 17.8 Å². The molecule has 2 fully saturated rings. The zero-order valence-corrected chi connectivity index (χ0v) is 33.0. The van der Waals surface area contributed by atoms with Gasteiger partial charge in [-0.2, -0.15) is 0 Å². The van der Waals surface area contributed by atoms with E-state index in [0.717, 1.165) is 120 Å². The molecule has 2 aromatic rings. The summed E-state index contributed by atoms with van der Waals surface area (Å²) < 4.78 is 35.8. The molecule has 2 aliphatic carbocycles. The van der Waals surface area contributed by atoms with Gasteiger partial charge in [0.25, 0.3) is 5.91 Å². The van der Waals surface area contributed by atoms with Gasteiger partial charge in [0.05, 0.1) is 40.8 Å². The number of nitrogens with one attached hydrogen (secondary N) is 1. The van der Waals surface area contributed by atoms with Crippen molar-refractivity contribution in [3.8, 4) is 5.75 Å². The number of morpholine rings is 1. The van der Waals surface area contributed by atoms with Crippen LogP contribution in [-0.2, 0) is 31.0 Å². The van der Waals surface area contributed by atoms with Crippen molar-refractivity contribution in [2.75, 3.05) is 64.6 Å². The molecule has 3 aliphatic heterocycles. The summed E-state index contributed by atoms with van der Waals surface area (Å²) >= 11 is 6.51. The van der Waals surface area contributed by atoms with E-state index in [2.05, 4.69) is 51.6 Å². The van der Waals surface area contributed by atoms with Gasteiger partial charge in [-0.1, -0.05) is 36.7 Å². The lowest BCUT2D eigenvalue weighted by atomic mass is 9.62. The van der Waals surface area contributed by atoms with E-state index in [1.54, 1.807) is 6.07 Å². The van der Waals surface area contributed by atoms with Crippen molar-refractivity contribution in [2.24, 2.45) is 17.8 Å². The monoisotopic (exact) mass is 751 g/mol. The number of carbonyl (C=O) groups excluding carboxylic acids is 1. The van der Waals surface area contributed by atoms with Crippen LogP contribution in [-0.4, -0.2) is 91.4 Å². The number of rotatable bonds is 6. The normalized spacial score (nSPS) is 34.6. The van der Waals surface area contributed by atoms with E-state index in [1.807, 2.05) is 32.2 Å². The number of hydrogen-bond donors (Lipinski definition) is 1. The standard InChI is InChI=1S/C42H58ClN3O5S/c1-30-9-7-19-42(49-3,18-5-6-20-45-21-23-50-24-22-45)37-14-11-34(37)27-46-28-41(17-8-10-32-25-35(43)13-15-36(32)41)29-51-39-16-12-33(26-38(39)46)40(47)44-52(4,48)31(30)2/h7,12-13,15-16,19,25-26,30-31,34,37H,4-6,8-11,14,17-18,20-24,27-29H2,1-3H3,(H,44,47,48)/b19-7+/t30-,31+,34-,37+,41-,42+,52?/m0/s1. The number of carbonyl (C=O) groups is 1. The fraction of sp³-hybridized carbons (Fsp3) is 0.619. The minimum atomic E-state index is -2.94. The Morgan fingerprint density at radius 1 is 1.12 bits per heavy atom. The maximum absolute atomic E-state index is 14.0. The number of anilines is 1. The third kappa shape index (κ3) is 7.68. The number of unbranched alkanes of at least 4 members (excludes halogenated alkanes) is 1. The van der Waals surface area contributed by atoms with Crippen molar-refractivity contribution in [1.82, 2.24) is 9.62 Å². The Hall–Kier alpha value is -2.56. The first-order valence-electron chi connectivity index (χ1n) is 19.5. The highest BCUT2D eigenvalue weighted by atomic mass is 35.5. The maximum Gasteiger partial charge on any atom is 0.262 e. The summed E-state index contributed by atoms with van der Waals surface area (Å²) in [4.78, 5) is 18.8. The zero-order valence-electron chi connectivity index (χ0n) is 31.4. The molecule has 52 heavy (non-hydrogen) atoms. The van der Waals surface area contributed by atoms with Gasteiger partial charge in [0.2, 0.25) is 0 Å². The summed E-state index contributed by atoms with van der Waals surface area (Å²) in [6.07, 6.45) is 13.8. The lowest BCUT2D eigenvalue weighted by Gasteiger charge is -2.51. The Kier molecular flexibility index (Phi) is 11.4. The molecule has 1 saturated carbocycles. The van der Waals surface area contributed by atoms with Crippen molar-refractivity contribution in [3.63, 3.8) is 0 Å². The van der Waals surface area contributed by atoms with Crippen molar-refractivity contribution in [3.05, 3.63) is 70.3 Å². The number of hydrogen-bond acceptors (Lipinski definition) is 7. The SMILES string of the molecule is C=S1(=O)NC(=O)c2ccc3c(c2)N(C[C@@H]2CC[C@H]2[C@](CCCCN2CCOCC2)(OC)/C=C/C[C@H](C)[C@H]1C)C[C@@]1(CCCc2cc(Cl)ccc21)CO3. The number of benzene rings is 2. The van der Waals surface area contributed by atoms with Crippen molar-refractivity contribution < 1.29 is 23.2 Å². The molecule has 1 spiro atoms. The molecule has 5 aliphatic rings. The number of nitrogens with zero attached hydrogens (tertiary/aromatic N) is 2. The van der Waals surface area contributed by atoms with E-state index in [-0.39, 0.29) is 22.5 Å². The van der Waals surface area contributed by atoms with E-state index in [4.69, 9.17) is 25.8 Å². The van der Waals surface area contributed by atoms with Crippen LogP contribution in [0.4, 0.5) is 5.69 Å². The first kappa shape index (κ1) is 37.7. The van der Waals surface area contributed by atoms with E-state index in [1.165, 1.54) is 11.1 Å². The van der Waals surface area contributed by atoms with Crippen molar-refractivity contribution in [2.45, 2.75) is 87.9 Å². The van der Waals surface area contributed by atoms with Gasteiger partial charge in [-0.15, -0.1) is 0 Å². The molecule has 8 nitrogen and oxygen atoms in total. The smallest absolute Gasteiger partial charge is 0.262 e. The first-order valence-corrected chi connectivity index (χ1v) is 21.7. The summed E-state index contributed by atoms with van der Waals surface area (Å²) in [5, 5.41) is 0.447. The summed E-state index contributed by atoms with van der Waals surface area (Å²) in [5.41, 5.74) is 3.40. The molecule has 1 unspecified atom stereocenters. The van der Waals surface area contributed by atoms with Crippen molar-refractivity contribution >= 4 is 38.8 Å². The van der Waals surface area contributed by atoms with Gasteiger partial charge in [-0.3, -0.25) is 14.4 Å². The summed E-state index contributed by atoms with van der Waals surface area (Å²) in [6, 6.07) is 12.0. The number of fused-ring (bicyclic) bond motifs is 4. The van der Waals surface area contributed by atoms with Gasteiger partial charge in [-0.05, 0) is 136 Å². The molecule has 2 bridgehead atoms. The van der Waals surface area contributed by atoms with Gasteiger partial charge in [0.1, 0.15) is 5.75 Å². The van der Waals surface area contributed by atoms with E-state index in [9.17, 15) is 9.00 Å². The van der Waals surface area contributed by atoms with Gasteiger partial charge >= 0.3 is 0 Å². The predicted octanol–water partition coefficient (Wildman–Crippen LogP) is 7.07. The molecule has 7 rings (SSSR count). The Labute approximate surface area is 316 Å². The molecule has 3 heterocycles.